The molecule has 0 atom stereocenters. The summed E-state index contributed by atoms with van der Waals surface area (Å²) in [5.74, 6) is -0.727. The third kappa shape index (κ3) is 4.56. The van der Waals surface area contributed by atoms with E-state index < -0.39 is 24.6 Å². The van der Waals surface area contributed by atoms with Crippen LogP contribution in [0.1, 0.15) is 5.56 Å². The number of halogens is 1. The molecule has 0 saturated carbocycles. The van der Waals surface area contributed by atoms with Crippen molar-refractivity contribution in [1.82, 2.24) is 4.90 Å². The zero-order chi connectivity index (χ0) is 16.8. The van der Waals surface area contributed by atoms with Crippen molar-refractivity contribution in [2.75, 3.05) is 26.9 Å². The topological polar surface area (TPSA) is 82.1 Å². The molecule has 1 heterocycles. The van der Waals surface area contributed by atoms with E-state index in [-0.39, 0.29) is 13.2 Å². The van der Waals surface area contributed by atoms with Gasteiger partial charge in [-0.25, -0.2) is 14.5 Å². The summed E-state index contributed by atoms with van der Waals surface area (Å²) in [6.07, 6.45) is 1.97. The SMILES string of the molecule is COc1ccc(Br)cc1/C=C/C(=O)OCC(=O)N1CCOC1=O. The Bertz CT molecular complexity index is 657. The molecule has 0 aromatic heterocycles. The van der Waals surface area contributed by atoms with E-state index >= 15 is 0 Å². The Balaban J connectivity index is 1.90. The summed E-state index contributed by atoms with van der Waals surface area (Å²) >= 11 is 3.33. The number of esters is 1. The van der Waals surface area contributed by atoms with Crippen LogP contribution in [0.4, 0.5) is 4.79 Å². The van der Waals surface area contributed by atoms with Crippen molar-refractivity contribution in [3.63, 3.8) is 0 Å². The van der Waals surface area contributed by atoms with Crippen LogP contribution in [0, 0.1) is 0 Å². The fourth-order valence-electron chi connectivity index (χ4n) is 1.87. The molecular formula is C15H14BrNO6. The van der Waals surface area contributed by atoms with E-state index in [1.54, 1.807) is 12.1 Å². The number of hydrogen-bond donors (Lipinski definition) is 0. The Morgan fingerprint density at radius 3 is 2.87 bits per heavy atom. The van der Waals surface area contributed by atoms with Crippen LogP contribution < -0.4 is 4.74 Å². The normalized spacial score (nSPS) is 14.0. The molecule has 8 heteroatoms. The fraction of sp³-hybridized carbons (Fsp3) is 0.267. The van der Waals surface area contributed by atoms with Gasteiger partial charge in [-0.05, 0) is 24.3 Å². The molecule has 1 saturated heterocycles. The van der Waals surface area contributed by atoms with Gasteiger partial charge in [0, 0.05) is 16.1 Å². The van der Waals surface area contributed by atoms with E-state index in [2.05, 4.69) is 20.7 Å². The predicted molar refractivity (Wildman–Crippen MR) is 83.7 cm³/mol. The summed E-state index contributed by atoms with van der Waals surface area (Å²) in [4.78, 5) is 35.4. The minimum Gasteiger partial charge on any atom is -0.496 e. The Morgan fingerprint density at radius 1 is 1.43 bits per heavy atom. The highest BCUT2D eigenvalue weighted by atomic mass is 79.9. The second-order valence-electron chi connectivity index (χ2n) is 4.49. The van der Waals surface area contributed by atoms with Gasteiger partial charge in [-0.15, -0.1) is 0 Å². The van der Waals surface area contributed by atoms with Gasteiger partial charge in [0.05, 0.1) is 13.7 Å². The Hall–Kier alpha value is -2.35. The van der Waals surface area contributed by atoms with Crippen molar-refractivity contribution < 1.29 is 28.6 Å². The summed E-state index contributed by atoms with van der Waals surface area (Å²) in [5, 5.41) is 0. The lowest BCUT2D eigenvalue weighted by molar-refractivity contribution is -0.146. The van der Waals surface area contributed by atoms with E-state index in [0.717, 1.165) is 9.37 Å². The molecule has 1 aliphatic heterocycles. The summed E-state index contributed by atoms with van der Waals surface area (Å²) in [6.45, 7) is -0.199. The van der Waals surface area contributed by atoms with Gasteiger partial charge < -0.3 is 14.2 Å². The lowest BCUT2D eigenvalue weighted by Crippen LogP contribution is -2.35. The molecule has 1 aliphatic rings. The van der Waals surface area contributed by atoms with Crippen LogP contribution in [0.15, 0.2) is 28.7 Å². The number of imide groups is 1. The lowest BCUT2D eigenvalue weighted by Gasteiger charge is -2.10. The van der Waals surface area contributed by atoms with Gasteiger partial charge in [0.2, 0.25) is 0 Å². The van der Waals surface area contributed by atoms with Crippen LogP contribution in [0.2, 0.25) is 0 Å². The average Bonchev–Trinajstić information content (AvgIpc) is 2.97. The monoisotopic (exact) mass is 383 g/mol. The molecule has 2 amide bonds. The minimum atomic E-state index is -0.722. The minimum absolute atomic E-state index is 0.154. The van der Waals surface area contributed by atoms with Crippen molar-refractivity contribution in [2.45, 2.75) is 0 Å². The standard InChI is InChI=1S/C15H14BrNO6/c1-21-12-4-3-11(16)8-10(12)2-5-14(19)23-9-13(18)17-6-7-22-15(17)20/h2-5,8H,6-7,9H2,1H3/b5-2+. The molecule has 23 heavy (non-hydrogen) atoms. The van der Waals surface area contributed by atoms with Gasteiger partial charge in [-0.2, -0.15) is 0 Å². The molecule has 1 aromatic carbocycles. The Labute approximate surface area is 140 Å². The summed E-state index contributed by atoms with van der Waals surface area (Å²) in [6, 6.07) is 5.33. The quantitative estimate of drug-likeness (QED) is 0.571. The van der Waals surface area contributed by atoms with Gasteiger partial charge in [0.1, 0.15) is 12.4 Å². The summed E-state index contributed by atoms with van der Waals surface area (Å²) in [5.41, 5.74) is 0.674. The van der Waals surface area contributed by atoms with Crippen molar-refractivity contribution in [3.8, 4) is 5.75 Å². The Morgan fingerprint density at radius 2 is 2.22 bits per heavy atom. The highest BCUT2D eigenvalue weighted by Gasteiger charge is 2.28. The molecular weight excluding hydrogens is 370 g/mol. The third-order valence-electron chi connectivity index (χ3n) is 2.99. The zero-order valence-corrected chi connectivity index (χ0v) is 13.9. The number of ether oxygens (including phenoxy) is 3. The zero-order valence-electron chi connectivity index (χ0n) is 12.3. The summed E-state index contributed by atoms with van der Waals surface area (Å²) in [7, 11) is 1.52. The largest absolute Gasteiger partial charge is 0.496 e. The van der Waals surface area contributed by atoms with E-state index in [4.69, 9.17) is 9.47 Å². The highest BCUT2D eigenvalue weighted by molar-refractivity contribution is 9.10. The summed E-state index contributed by atoms with van der Waals surface area (Å²) < 4.78 is 15.4. The van der Waals surface area contributed by atoms with Gasteiger partial charge in [0.25, 0.3) is 5.91 Å². The van der Waals surface area contributed by atoms with Gasteiger partial charge >= 0.3 is 12.1 Å². The first-order valence-electron chi connectivity index (χ1n) is 6.67. The molecule has 122 valence electrons. The van der Waals surface area contributed by atoms with Crippen LogP contribution in [0.25, 0.3) is 6.08 Å². The number of methoxy groups -OCH3 is 1. The van der Waals surface area contributed by atoms with Gasteiger partial charge in [-0.1, -0.05) is 15.9 Å². The third-order valence-corrected chi connectivity index (χ3v) is 3.48. The van der Waals surface area contributed by atoms with Gasteiger partial charge in [-0.3, -0.25) is 4.79 Å². The molecule has 0 spiro atoms. The number of cyclic esters (lactones) is 1. The number of benzene rings is 1. The fourth-order valence-corrected chi connectivity index (χ4v) is 2.25. The molecule has 0 aliphatic carbocycles. The number of carbonyl (C=O) groups is 3. The van der Waals surface area contributed by atoms with Crippen molar-refractivity contribution in [2.24, 2.45) is 0 Å². The smallest absolute Gasteiger partial charge is 0.416 e. The lowest BCUT2D eigenvalue weighted by atomic mass is 10.2. The first kappa shape index (κ1) is 17.0. The maximum Gasteiger partial charge on any atom is 0.416 e. The van der Waals surface area contributed by atoms with E-state index in [1.165, 1.54) is 19.3 Å². The van der Waals surface area contributed by atoms with E-state index in [0.29, 0.717) is 11.3 Å². The molecule has 0 radical (unpaired) electrons. The molecule has 7 nitrogen and oxygen atoms in total. The van der Waals surface area contributed by atoms with Gasteiger partial charge in [0.15, 0.2) is 6.61 Å². The molecule has 0 unspecified atom stereocenters. The number of carbonyl (C=O) groups excluding carboxylic acids is 3. The maximum absolute atomic E-state index is 11.7. The predicted octanol–water partition coefficient (Wildman–Crippen LogP) is 1.99. The molecule has 1 aromatic rings. The van der Waals surface area contributed by atoms with Crippen LogP contribution in [0.5, 0.6) is 5.75 Å². The first-order chi connectivity index (χ1) is 11.0. The highest BCUT2D eigenvalue weighted by Crippen LogP contribution is 2.24. The van der Waals surface area contributed by atoms with E-state index in [1.807, 2.05) is 6.07 Å². The van der Waals surface area contributed by atoms with Crippen molar-refractivity contribution in [3.05, 3.63) is 34.3 Å². The molecule has 0 bridgehead atoms. The van der Waals surface area contributed by atoms with Crippen LogP contribution in [-0.4, -0.2) is 49.7 Å². The second kappa shape index (κ2) is 7.77. The maximum atomic E-state index is 11.7. The van der Waals surface area contributed by atoms with Crippen molar-refractivity contribution in [1.29, 1.82) is 0 Å². The molecule has 1 fully saturated rings. The number of amides is 2. The second-order valence-corrected chi connectivity index (χ2v) is 5.40. The van der Waals surface area contributed by atoms with Crippen LogP contribution in [-0.2, 0) is 19.1 Å². The first-order valence-corrected chi connectivity index (χ1v) is 7.46. The van der Waals surface area contributed by atoms with Crippen LogP contribution in [0.3, 0.4) is 0 Å². The van der Waals surface area contributed by atoms with E-state index in [9.17, 15) is 14.4 Å². The molecule has 0 N–H and O–H groups in total. The number of nitrogens with zero attached hydrogens (tertiary/aromatic N) is 1. The Kier molecular flexibility index (Phi) is 5.75. The molecule has 2 rings (SSSR count). The number of rotatable bonds is 5. The van der Waals surface area contributed by atoms with Crippen molar-refractivity contribution >= 4 is 40.0 Å². The van der Waals surface area contributed by atoms with Crippen LogP contribution >= 0.6 is 15.9 Å². The average molecular weight is 384 g/mol. The number of hydrogen-bond acceptors (Lipinski definition) is 6.